The van der Waals surface area contributed by atoms with E-state index in [1.165, 1.54) is 5.01 Å². The van der Waals surface area contributed by atoms with Crippen molar-refractivity contribution in [1.82, 2.24) is 36.3 Å². The monoisotopic (exact) mass is 617 g/mol. The van der Waals surface area contributed by atoms with Crippen LogP contribution >= 0.6 is 0 Å². The van der Waals surface area contributed by atoms with Gasteiger partial charge in [0.05, 0.1) is 18.1 Å². The first-order valence-corrected chi connectivity index (χ1v) is 15.0. The zero-order valence-corrected chi connectivity index (χ0v) is 26.3. The molecule has 0 radical (unpaired) electrons. The Hall–Kier alpha value is -4.01. The molecule has 14 nitrogen and oxygen atoms in total. The van der Waals surface area contributed by atoms with Crippen LogP contribution in [0.1, 0.15) is 52.5 Å². The summed E-state index contributed by atoms with van der Waals surface area (Å²) in [5.74, 6) is -0.828. The van der Waals surface area contributed by atoms with Gasteiger partial charge in [-0.25, -0.2) is 14.6 Å². The van der Waals surface area contributed by atoms with Crippen LogP contribution in [0.15, 0.2) is 36.5 Å². The van der Waals surface area contributed by atoms with Gasteiger partial charge in [-0.2, -0.15) is 0 Å². The number of ether oxygens (including phenoxy) is 2. The van der Waals surface area contributed by atoms with E-state index < -0.39 is 36.4 Å². The first kappa shape index (κ1) is 36.2. The number of pyridine rings is 1. The molecule has 2 aromatic rings. The number of carboxylic acid groups (broad SMARTS) is 1. The standard InChI is InChI=1S/C30H47N7O7/c1-6-31-29(40)35-36(5)20-25(38)34-24(16-9-10-17-33-30(41)42)27(39)37(21(4)28(43-7-2)44-8-3)19-23-14-11-13-22-15-12-18-32-26(22)23/h11-15,18,21,24,28,33H,6-10,16-17,19-20H2,1-5H3,(H,34,38)(H,41,42)(H2,31,35,40). The van der Waals surface area contributed by atoms with Crippen molar-refractivity contribution in [1.29, 1.82) is 0 Å². The number of rotatable bonds is 19. The maximum atomic E-state index is 14.4. The highest BCUT2D eigenvalue weighted by molar-refractivity contribution is 5.89. The molecule has 0 saturated heterocycles. The van der Waals surface area contributed by atoms with Gasteiger partial charge in [-0.05, 0) is 58.6 Å². The number of para-hydroxylation sites is 1. The molecule has 0 bridgehead atoms. The van der Waals surface area contributed by atoms with E-state index in [0.717, 1.165) is 16.5 Å². The molecular weight excluding hydrogens is 570 g/mol. The normalized spacial score (nSPS) is 12.5. The zero-order chi connectivity index (χ0) is 32.5. The minimum Gasteiger partial charge on any atom is -0.465 e. The predicted octanol–water partition coefficient (Wildman–Crippen LogP) is 2.44. The molecule has 5 N–H and O–H groups in total. The molecule has 244 valence electrons. The van der Waals surface area contributed by atoms with Crippen LogP contribution in [0.5, 0.6) is 0 Å². The average Bonchev–Trinajstić information content (AvgIpc) is 2.98. The summed E-state index contributed by atoms with van der Waals surface area (Å²) in [6, 6.07) is 7.61. The van der Waals surface area contributed by atoms with Gasteiger partial charge < -0.3 is 35.4 Å². The van der Waals surface area contributed by atoms with E-state index in [4.69, 9.17) is 14.6 Å². The number of likely N-dealkylation sites (N-methyl/N-ethyl adjacent to an activating group) is 1. The number of nitrogens with zero attached hydrogens (tertiary/aromatic N) is 3. The Morgan fingerprint density at radius 3 is 2.36 bits per heavy atom. The van der Waals surface area contributed by atoms with Gasteiger partial charge in [0.2, 0.25) is 11.8 Å². The first-order chi connectivity index (χ1) is 21.1. The van der Waals surface area contributed by atoms with Gasteiger partial charge in [-0.1, -0.05) is 24.3 Å². The van der Waals surface area contributed by atoms with Crippen molar-refractivity contribution in [2.75, 3.05) is 39.9 Å². The van der Waals surface area contributed by atoms with E-state index in [-0.39, 0.29) is 32.0 Å². The number of carbonyl (C=O) groups is 4. The number of carbonyl (C=O) groups excluding carboxylic acids is 3. The molecular formula is C30H47N7O7. The summed E-state index contributed by atoms with van der Waals surface area (Å²) in [6.07, 6.45) is 1.03. The third-order valence-corrected chi connectivity index (χ3v) is 6.73. The lowest BCUT2D eigenvalue weighted by Crippen LogP contribution is -2.56. The Balaban J connectivity index is 2.38. The highest BCUT2D eigenvalue weighted by atomic mass is 16.7. The van der Waals surface area contributed by atoms with Crippen LogP contribution in [0.4, 0.5) is 9.59 Å². The fraction of sp³-hybridized carbons (Fsp3) is 0.567. The van der Waals surface area contributed by atoms with E-state index >= 15 is 0 Å². The lowest BCUT2D eigenvalue weighted by molar-refractivity contribution is -0.179. The molecule has 14 heteroatoms. The Morgan fingerprint density at radius 2 is 1.70 bits per heavy atom. The van der Waals surface area contributed by atoms with Crippen LogP contribution < -0.4 is 21.4 Å². The maximum absolute atomic E-state index is 14.4. The van der Waals surface area contributed by atoms with Crippen LogP contribution in [0.3, 0.4) is 0 Å². The van der Waals surface area contributed by atoms with E-state index in [1.807, 2.05) is 51.1 Å². The van der Waals surface area contributed by atoms with E-state index in [9.17, 15) is 19.2 Å². The number of fused-ring (bicyclic) bond motifs is 1. The topological polar surface area (TPSA) is 174 Å². The van der Waals surface area contributed by atoms with Crippen LogP contribution in [-0.4, -0.2) is 102 Å². The summed E-state index contributed by atoms with van der Waals surface area (Å²) in [7, 11) is 1.54. The lowest BCUT2D eigenvalue weighted by atomic mass is 10.0. The Kier molecular flexibility index (Phi) is 15.9. The molecule has 0 aliphatic carbocycles. The van der Waals surface area contributed by atoms with Crippen molar-refractivity contribution in [2.45, 2.75) is 71.9 Å². The third-order valence-electron chi connectivity index (χ3n) is 6.73. The van der Waals surface area contributed by atoms with Gasteiger partial charge in [0.25, 0.3) is 0 Å². The summed E-state index contributed by atoms with van der Waals surface area (Å²) in [6.45, 7) is 8.65. The largest absolute Gasteiger partial charge is 0.465 e. The van der Waals surface area contributed by atoms with Crippen molar-refractivity contribution in [3.8, 4) is 0 Å². The molecule has 0 fully saturated rings. The number of hydrazine groups is 1. The Bertz CT molecular complexity index is 1200. The van der Waals surface area contributed by atoms with Crippen LogP contribution in [-0.2, 0) is 25.6 Å². The van der Waals surface area contributed by atoms with Gasteiger partial charge in [0, 0.05) is 51.5 Å². The SMILES string of the molecule is CCNC(=O)NN(C)CC(=O)NC(CCCCNC(=O)O)C(=O)N(Cc1cccc2cccnc12)C(C)C(OCC)OCC. The molecule has 2 atom stereocenters. The van der Waals surface area contributed by atoms with Crippen molar-refractivity contribution in [3.63, 3.8) is 0 Å². The van der Waals surface area contributed by atoms with Crippen molar-refractivity contribution in [3.05, 3.63) is 42.1 Å². The average molecular weight is 618 g/mol. The molecule has 1 heterocycles. The minimum atomic E-state index is -1.13. The molecule has 5 amide bonds. The number of unbranched alkanes of at least 4 members (excludes halogenated alkanes) is 1. The number of hydrogen-bond acceptors (Lipinski definition) is 8. The zero-order valence-electron chi connectivity index (χ0n) is 26.3. The third kappa shape index (κ3) is 11.9. The van der Waals surface area contributed by atoms with E-state index in [2.05, 4.69) is 26.4 Å². The van der Waals surface area contributed by atoms with Crippen LogP contribution in [0.25, 0.3) is 10.9 Å². The molecule has 1 aromatic heterocycles. The molecule has 2 unspecified atom stereocenters. The van der Waals surface area contributed by atoms with Gasteiger partial charge in [0.15, 0.2) is 6.29 Å². The minimum absolute atomic E-state index is 0.177. The number of benzene rings is 1. The van der Waals surface area contributed by atoms with Gasteiger partial charge in [-0.15, -0.1) is 0 Å². The summed E-state index contributed by atoms with van der Waals surface area (Å²) < 4.78 is 11.7. The second-order valence-corrected chi connectivity index (χ2v) is 10.2. The summed E-state index contributed by atoms with van der Waals surface area (Å²) in [4.78, 5) is 56.4. The van der Waals surface area contributed by atoms with Gasteiger partial charge in [0.1, 0.15) is 6.04 Å². The summed E-state index contributed by atoms with van der Waals surface area (Å²) in [5, 5.41) is 18.9. The van der Waals surface area contributed by atoms with Gasteiger partial charge in [-0.3, -0.25) is 20.0 Å². The summed E-state index contributed by atoms with van der Waals surface area (Å²) in [5.41, 5.74) is 4.11. The fourth-order valence-electron chi connectivity index (χ4n) is 4.70. The second kappa shape index (κ2) is 19.3. The second-order valence-electron chi connectivity index (χ2n) is 10.2. The fourth-order valence-corrected chi connectivity index (χ4v) is 4.70. The van der Waals surface area contributed by atoms with E-state index in [0.29, 0.717) is 32.6 Å². The Labute approximate surface area is 258 Å². The van der Waals surface area contributed by atoms with Crippen LogP contribution in [0.2, 0.25) is 0 Å². The number of nitrogens with one attached hydrogen (secondary N) is 4. The van der Waals surface area contributed by atoms with Crippen LogP contribution in [0, 0.1) is 0 Å². The predicted molar refractivity (Wildman–Crippen MR) is 165 cm³/mol. The Morgan fingerprint density at radius 1 is 1.00 bits per heavy atom. The molecule has 0 saturated carbocycles. The van der Waals surface area contributed by atoms with Crippen molar-refractivity contribution in [2.24, 2.45) is 0 Å². The molecule has 1 aromatic carbocycles. The molecule has 0 spiro atoms. The highest BCUT2D eigenvalue weighted by Crippen LogP contribution is 2.22. The molecule has 2 rings (SSSR count). The molecule has 44 heavy (non-hydrogen) atoms. The van der Waals surface area contributed by atoms with Gasteiger partial charge >= 0.3 is 12.1 Å². The molecule has 0 aliphatic heterocycles. The number of aromatic nitrogens is 1. The number of amides is 5. The first-order valence-electron chi connectivity index (χ1n) is 15.0. The highest BCUT2D eigenvalue weighted by Gasteiger charge is 2.34. The number of urea groups is 1. The number of hydrogen-bond donors (Lipinski definition) is 5. The van der Waals surface area contributed by atoms with E-state index in [1.54, 1.807) is 25.1 Å². The quantitative estimate of drug-likeness (QED) is 0.0901. The smallest absolute Gasteiger partial charge is 0.404 e. The summed E-state index contributed by atoms with van der Waals surface area (Å²) >= 11 is 0. The van der Waals surface area contributed by atoms with Crippen molar-refractivity contribution < 1.29 is 33.8 Å². The molecule has 0 aliphatic rings. The van der Waals surface area contributed by atoms with Crippen molar-refractivity contribution >= 4 is 34.8 Å². The maximum Gasteiger partial charge on any atom is 0.404 e. The lowest BCUT2D eigenvalue weighted by Gasteiger charge is -2.37.